The molecule has 0 heterocycles. The predicted molar refractivity (Wildman–Crippen MR) is 94.1 cm³/mol. The quantitative estimate of drug-likeness (QED) is 0.792. The third kappa shape index (κ3) is 5.73. The van der Waals surface area contributed by atoms with E-state index in [9.17, 15) is 16.8 Å². The summed E-state index contributed by atoms with van der Waals surface area (Å²) in [4.78, 5) is -0.0308. The van der Waals surface area contributed by atoms with Gasteiger partial charge in [0.05, 0.1) is 4.90 Å². The highest BCUT2D eigenvalue weighted by molar-refractivity contribution is 7.92. The van der Waals surface area contributed by atoms with E-state index >= 15 is 0 Å². The second kappa shape index (κ2) is 7.45. The Kier molecular flexibility index (Phi) is 5.79. The summed E-state index contributed by atoms with van der Waals surface area (Å²) in [5.74, 6) is 0. The highest BCUT2D eigenvalue weighted by atomic mass is 35.5. The van der Waals surface area contributed by atoms with Crippen molar-refractivity contribution in [2.24, 2.45) is 5.14 Å². The van der Waals surface area contributed by atoms with Gasteiger partial charge in [-0.3, -0.25) is 0 Å². The second-order valence-corrected chi connectivity index (χ2v) is 8.56. The van der Waals surface area contributed by atoms with Crippen LogP contribution in [0.25, 0.3) is 6.08 Å². The van der Waals surface area contributed by atoms with Gasteiger partial charge >= 0.3 is 0 Å². The largest absolute Gasteiger partial charge is 0.238 e. The van der Waals surface area contributed by atoms with Crippen LogP contribution in [0, 0.1) is 0 Å². The molecule has 6 nitrogen and oxygen atoms in total. The number of rotatable bonds is 6. The molecule has 2 aromatic carbocycles. The van der Waals surface area contributed by atoms with Crippen LogP contribution in [0.5, 0.6) is 0 Å². The minimum atomic E-state index is -3.76. The maximum Gasteiger partial charge on any atom is 0.238 e. The highest BCUT2D eigenvalue weighted by Crippen LogP contribution is 2.12. The zero-order valence-corrected chi connectivity index (χ0v) is 14.8. The van der Waals surface area contributed by atoms with Crippen LogP contribution in [0.2, 0.25) is 5.02 Å². The molecule has 128 valence electrons. The Labute approximate surface area is 146 Å². The van der Waals surface area contributed by atoms with Crippen LogP contribution in [-0.2, 0) is 26.6 Å². The van der Waals surface area contributed by atoms with E-state index in [-0.39, 0.29) is 11.4 Å². The maximum absolute atomic E-state index is 11.9. The lowest BCUT2D eigenvalue weighted by Crippen LogP contribution is -2.20. The summed E-state index contributed by atoms with van der Waals surface area (Å²) in [5.41, 5.74) is 1.30. The number of sulfonamides is 2. The molecule has 24 heavy (non-hydrogen) atoms. The van der Waals surface area contributed by atoms with Gasteiger partial charge in [0.1, 0.15) is 0 Å². The van der Waals surface area contributed by atoms with Gasteiger partial charge in [-0.15, -0.1) is 0 Å². The van der Waals surface area contributed by atoms with Crippen molar-refractivity contribution in [1.29, 1.82) is 0 Å². The Bertz CT molecular complexity index is 936. The van der Waals surface area contributed by atoms with Gasteiger partial charge in [0.15, 0.2) is 0 Å². The summed E-state index contributed by atoms with van der Waals surface area (Å²) in [7, 11) is -7.40. The molecular formula is C15H15ClN2O4S2. The summed E-state index contributed by atoms with van der Waals surface area (Å²) in [6, 6.07) is 12.3. The molecule has 0 aliphatic heterocycles. The highest BCUT2D eigenvalue weighted by Gasteiger charge is 2.08. The van der Waals surface area contributed by atoms with Crippen molar-refractivity contribution < 1.29 is 16.8 Å². The first-order chi connectivity index (χ1) is 11.2. The summed E-state index contributed by atoms with van der Waals surface area (Å²) in [5, 5.41) is 6.61. The van der Waals surface area contributed by atoms with Crippen molar-refractivity contribution in [3.63, 3.8) is 0 Å². The SMILES string of the molecule is NS(=O)(=O)c1ccc(CNS(=O)(=O)/C=C/c2ccc(Cl)cc2)cc1. The normalized spacial score (nSPS) is 12.6. The van der Waals surface area contributed by atoms with E-state index in [2.05, 4.69) is 4.72 Å². The Balaban J connectivity index is 2.01. The topological polar surface area (TPSA) is 106 Å². The monoisotopic (exact) mass is 386 g/mol. The molecule has 0 spiro atoms. The van der Waals surface area contributed by atoms with Gasteiger partial charge in [-0.2, -0.15) is 0 Å². The third-order valence-corrected chi connectivity index (χ3v) is 5.26. The molecule has 2 aromatic rings. The van der Waals surface area contributed by atoms with Crippen molar-refractivity contribution in [1.82, 2.24) is 4.72 Å². The standard InChI is InChI=1S/C15H15ClN2O4S2/c16-14-5-1-12(2-6-14)9-10-23(19,20)18-11-13-3-7-15(8-4-13)24(17,21)22/h1-10,18H,11H2,(H2,17,21,22)/b10-9+. The fraction of sp³-hybridized carbons (Fsp3) is 0.0667. The van der Waals surface area contributed by atoms with E-state index in [0.717, 1.165) is 5.41 Å². The zero-order valence-electron chi connectivity index (χ0n) is 12.4. The fourth-order valence-electron chi connectivity index (χ4n) is 1.77. The smallest absolute Gasteiger partial charge is 0.225 e. The molecule has 3 N–H and O–H groups in total. The summed E-state index contributed by atoms with van der Waals surface area (Å²) < 4.78 is 48.6. The number of primary sulfonamides is 1. The Morgan fingerprint density at radius 2 is 1.54 bits per heavy atom. The summed E-state index contributed by atoms with van der Waals surface area (Å²) >= 11 is 5.76. The Morgan fingerprint density at radius 3 is 2.08 bits per heavy atom. The first-order valence-corrected chi connectivity index (χ1v) is 10.2. The predicted octanol–water partition coefficient (Wildman–Crippen LogP) is 2.08. The molecule has 0 radical (unpaired) electrons. The number of nitrogens with two attached hydrogens (primary N) is 1. The van der Waals surface area contributed by atoms with Gasteiger partial charge in [-0.1, -0.05) is 35.9 Å². The maximum atomic E-state index is 11.9. The average Bonchev–Trinajstić information content (AvgIpc) is 2.52. The molecule has 0 atom stereocenters. The van der Waals surface area contributed by atoms with E-state index in [1.165, 1.54) is 30.3 Å². The molecule has 0 saturated carbocycles. The lowest BCUT2D eigenvalue weighted by Gasteiger charge is -2.04. The van der Waals surface area contributed by atoms with Crippen molar-refractivity contribution in [2.45, 2.75) is 11.4 Å². The van der Waals surface area contributed by atoms with Gasteiger partial charge in [-0.05, 0) is 41.5 Å². The number of hydrogen-bond donors (Lipinski definition) is 2. The summed E-state index contributed by atoms with van der Waals surface area (Å²) in [6.07, 6.45) is 1.45. The molecule has 0 amide bonds. The van der Waals surface area contributed by atoms with Crippen LogP contribution in [0.1, 0.15) is 11.1 Å². The van der Waals surface area contributed by atoms with Gasteiger partial charge in [0.2, 0.25) is 20.0 Å². The van der Waals surface area contributed by atoms with E-state index in [1.807, 2.05) is 0 Å². The second-order valence-electron chi connectivity index (χ2n) is 4.91. The number of halogens is 1. The number of nitrogens with one attached hydrogen (secondary N) is 1. The molecule has 9 heteroatoms. The van der Waals surface area contributed by atoms with Crippen molar-refractivity contribution in [2.75, 3.05) is 0 Å². The lowest BCUT2D eigenvalue weighted by molar-refractivity contribution is 0.590. The van der Waals surface area contributed by atoms with E-state index < -0.39 is 20.0 Å². The summed E-state index contributed by atoms with van der Waals surface area (Å²) in [6.45, 7) is 0.0260. The molecule has 0 fully saturated rings. The third-order valence-electron chi connectivity index (χ3n) is 3.04. The molecular weight excluding hydrogens is 372 g/mol. The van der Waals surface area contributed by atoms with Gasteiger partial charge < -0.3 is 0 Å². The molecule has 2 rings (SSSR count). The zero-order chi connectivity index (χ0) is 17.8. The number of benzene rings is 2. The molecule has 0 bridgehead atoms. The lowest BCUT2D eigenvalue weighted by atomic mass is 10.2. The van der Waals surface area contributed by atoms with E-state index in [1.54, 1.807) is 24.3 Å². The molecule has 0 saturated heterocycles. The molecule has 0 aromatic heterocycles. The Morgan fingerprint density at radius 1 is 0.958 bits per heavy atom. The average molecular weight is 387 g/mol. The molecule has 0 aliphatic rings. The first-order valence-electron chi connectivity index (χ1n) is 6.71. The first kappa shape index (κ1) is 18.6. The van der Waals surface area contributed by atoms with Crippen LogP contribution in [0.15, 0.2) is 58.8 Å². The van der Waals surface area contributed by atoms with Crippen LogP contribution >= 0.6 is 11.6 Å². The van der Waals surface area contributed by atoms with Crippen LogP contribution in [0.4, 0.5) is 0 Å². The fourth-order valence-corrected chi connectivity index (χ4v) is 3.21. The molecule has 0 unspecified atom stereocenters. The van der Waals surface area contributed by atoms with E-state index in [0.29, 0.717) is 16.1 Å². The Hall–Kier alpha value is -1.71. The minimum absolute atomic E-state index is 0.0260. The van der Waals surface area contributed by atoms with Crippen LogP contribution in [-0.4, -0.2) is 16.8 Å². The number of hydrogen-bond acceptors (Lipinski definition) is 4. The van der Waals surface area contributed by atoms with Crippen LogP contribution < -0.4 is 9.86 Å². The van der Waals surface area contributed by atoms with Gasteiger partial charge in [-0.25, -0.2) is 26.7 Å². The molecule has 0 aliphatic carbocycles. The van der Waals surface area contributed by atoms with Crippen molar-refractivity contribution >= 4 is 37.7 Å². The van der Waals surface area contributed by atoms with Gasteiger partial charge in [0.25, 0.3) is 0 Å². The van der Waals surface area contributed by atoms with E-state index in [4.69, 9.17) is 16.7 Å². The van der Waals surface area contributed by atoms with Crippen molar-refractivity contribution in [3.05, 3.63) is 70.1 Å². The minimum Gasteiger partial charge on any atom is -0.225 e. The van der Waals surface area contributed by atoms with Crippen LogP contribution in [0.3, 0.4) is 0 Å². The van der Waals surface area contributed by atoms with Gasteiger partial charge in [0, 0.05) is 17.0 Å². The van der Waals surface area contributed by atoms with Crippen molar-refractivity contribution in [3.8, 4) is 0 Å².